The number of hydrogen-bond acceptors (Lipinski definition) is 6. The van der Waals surface area contributed by atoms with Crippen LogP contribution in [0.5, 0.6) is 5.75 Å². The van der Waals surface area contributed by atoms with Crippen molar-refractivity contribution in [1.82, 2.24) is 15.3 Å². The Hall–Kier alpha value is -3.10. The topological polar surface area (TPSA) is 95.1 Å². The summed E-state index contributed by atoms with van der Waals surface area (Å²) in [5, 5.41) is 13.4. The molecular formula is C25H25N3O3S2. The molecule has 1 amide bonds. The van der Waals surface area contributed by atoms with Gasteiger partial charge in [-0.2, -0.15) is 0 Å². The molecule has 170 valence electrons. The van der Waals surface area contributed by atoms with Crippen LogP contribution in [0.3, 0.4) is 0 Å². The smallest absolute Gasteiger partial charge is 0.262 e. The van der Waals surface area contributed by atoms with Gasteiger partial charge in [-0.15, -0.1) is 23.1 Å². The van der Waals surface area contributed by atoms with Crippen molar-refractivity contribution in [2.24, 2.45) is 0 Å². The largest absolute Gasteiger partial charge is 0.508 e. The molecule has 2 heterocycles. The normalized spacial score (nSPS) is 12.1. The van der Waals surface area contributed by atoms with E-state index in [1.165, 1.54) is 22.5 Å². The fourth-order valence-corrected chi connectivity index (χ4v) is 5.77. The molecule has 4 aromatic rings. The molecule has 2 aromatic carbocycles. The number of para-hydroxylation sites is 1. The molecule has 0 saturated heterocycles. The van der Waals surface area contributed by atoms with Crippen molar-refractivity contribution in [3.63, 3.8) is 0 Å². The van der Waals surface area contributed by atoms with Gasteiger partial charge in [0.25, 0.3) is 11.5 Å². The SMILES string of the molecule is Cc1ccc(C)c(SCc2nc3sc(C(=O)N[C@@H](C)c4ccccc4O)c(C)c3c(=O)[nH]2)c1. The zero-order valence-electron chi connectivity index (χ0n) is 18.9. The van der Waals surface area contributed by atoms with Gasteiger partial charge >= 0.3 is 0 Å². The van der Waals surface area contributed by atoms with E-state index in [0.717, 1.165) is 4.90 Å². The number of aromatic nitrogens is 2. The number of rotatable bonds is 6. The fourth-order valence-electron chi connectivity index (χ4n) is 3.68. The molecule has 0 bridgehead atoms. The van der Waals surface area contributed by atoms with Gasteiger partial charge in [0.15, 0.2) is 0 Å². The molecule has 33 heavy (non-hydrogen) atoms. The molecule has 0 fully saturated rings. The minimum Gasteiger partial charge on any atom is -0.508 e. The number of amides is 1. The summed E-state index contributed by atoms with van der Waals surface area (Å²) in [6.45, 7) is 7.69. The summed E-state index contributed by atoms with van der Waals surface area (Å²) >= 11 is 2.84. The molecular weight excluding hydrogens is 454 g/mol. The first-order valence-corrected chi connectivity index (χ1v) is 12.4. The molecule has 0 aliphatic carbocycles. The monoisotopic (exact) mass is 479 g/mol. The van der Waals surface area contributed by atoms with E-state index < -0.39 is 0 Å². The number of aromatic amines is 1. The van der Waals surface area contributed by atoms with Gasteiger partial charge in [-0.25, -0.2) is 4.98 Å². The van der Waals surface area contributed by atoms with Gasteiger partial charge in [0, 0.05) is 10.5 Å². The van der Waals surface area contributed by atoms with Crippen molar-refractivity contribution in [1.29, 1.82) is 0 Å². The highest BCUT2D eigenvalue weighted by Gasteiger charge is 2.21. The first kappa shape index (κ1) is 23.1. The van der Waals surface area contributed by atoms with Gasteiger partial charge in [-0.3, -0.25) is 9.59 Å². The van der Waals surface area contributed by atoms with Crippen LogP contribution in [0.2, 0.25) is 0 Å². The summed E-state index contributed by atoms with van der Waals surface area (Å²) in [6.07, 6.45) is 0. The average molecular weight is 480 g/mol. The average Bonchev–Trinajstić information content (AvgIpc) is 3.11. The molecule has 2 aromatic heterocycles. The van der Waals surface area contributed by atoms with Gasteiger partial charge in [0.1, 0.15) is 16.4 Å². The third-order valence-corrected chi connectivity index (χ3v) is 7.87. The van der Waals surface area contributed by atoms with E-state index in [1.807, 2.05) is 13.0 Å². The summed E-state index contributed by atoms with van der Waals surface area (Å²) in [5.74, 6) is 0.937. The number of thiophene rings is 1. The van der Waals surface area contributed by atoms with Crippen molar-refractivity contribution < 1.29 is 9.90 Å². The number of aromatic hydroxyl groups is 1. The van der Waals surface area contributed by atoms with Crippen molar-refractivity contribution in [3.8, 4) is 5.75 Å². The highest BCUT2D eigenvalue weighted by atomic mass is 32.2. The van der Waals surface area contributed by atoms with E-state index in [0.29, 0.717) is 37.8 Å². The lowest BCUT2D eigenvalue weighted by Gasteiger charge is -2.15. The van der Waals surface area contributed by atoms with E-state index in [1.54, 1.807) is 36.9 Å². The van der Waals surface area contributed by atoms with E-state index in [-0.39, 0.29) is 23.3 Å². The van der Waals surface area contributed by atoms with Crippen molar-refractivity contribution >= 4 is 39.2 Å². The van der Waals surface area contributed by atoms with E-state index in [4.69, 9.17) is 0 Å². The maximum atomic E-state index is 13.0. The highest BCUT2D eigenvalue weighted by molar-refractivity contribution is 7.98. The van der Waals surface area contributed by atoms with Crippen molar-refractivity contribution in [3.05, 3.63) is 85.8 Å². The minimum absolute atomic E-state index is 0.127. The number of phenols is 1. The molecule has 3 N–H and O–H groups in total. The third kappa shape index (κ3) is 4.82. The fraction of sp³-hybridized carbons (Fsp3) is 0.240. The Morgan fingerprint density at radius 2 is 1.97 bits per heavy atom. The van der Waals surface area contributed by atoms with Crippen LogP contribution in [0.1, 0.15) is 50.7 Å². The number of carbonyl (C=O) groups is 1. The number of aryl methyl sites for hydroxylation is 3. The Balaban J connectivity index is 1.58. The van der Waals surface area contributed by atoms with Crippen molar-refractivity contribution in [2.75, 3.05) is 0 Å². The number of hydrogen-bond donors (Lipinski definition) is 3. The molecule has 0 saturated carbocycles. The Kier molecular flexibility index (Phi) is 6.58. The number of fused-ring (bicyclic) bond motifs is 1. The third-order valence-electron chi connectivity index (χ3n) is 5.51. The van der Waals surface area contributed by atoms with Crippen LogP contribution in [-0.2, 0) is 5.75 Å². The zero-order chi connectivity index (χ0) is 23.7. The predicted molar refractivity (Wildman–Crippen MR) is 134 cm³/mol. The van der Waals surface area contributed by atoms with Gasteiger partial charge < -0.3 is 15.4 Å². The summed E-state index contributed by atoms with van der Waals surface area (Å²) in [5.41, 5.74) is 3.37. The molecule has 0 aliphatic heterocycles. The maximum Gasteiger partial charge on any atom is 0.262 e. The van der Waals surface area contributed by atoms with Gasteiger partial charge in [-0.1, -0.05) is 35.9 Å². The number of thioether (sulfide) groups is 1. The molecule has 1 atom stereocenters. The predicted octanol–water partition coefficient (Wildman–Crippen LogP) is 5.40. The highest BCUT2D eigenvalue weighted by Crippen LogP contribution is 2.30. The zero-order valence-corrected chi connectivity index (χ0v) is 20.5. The lowest BCUT2D eigenvalue weighted by atomic mass is 10.1. The molecule has 0 spiro atoms. The minimum atomic E-state index is -0.390. The van der Waals surface area contributed by atoms with Gasteiger partial charge in [0.05, 0.1) is 22.1 Å². The number of nitrogens with zero attached hydrogens (tertiary/aromatic N) is 1. The molecule has 4 rings (SSSR count). The van der Waals surface area contributed by atoms with E-state index in [2.05, 4.69) is 47.3 Å². The Labute approximate surface area is 200 Å². The number of carbonyl (C=O) groups excluding carboxylic acids is 1. The summed E-state index contributed by atoms with van der Waals surface area (Å²) in [6, 6.07) is 12.8. The molecule has 6 nitrogen and oxygen atoms in total. The Morgan fingerprint density at radius 3 is 2.73 bits per heavy atom. The van der Waals surface area contributed by atoms with E-state index in [9.17, 15) is 14.7 Å². The first-order chi connectivity index (χ1) is 15.7. The maximum absolute atomic E-state index is 13.0. The van der Waals surface area contributed by atoms with Crippen LogP contribution in [-0.4, -0.2) is 21.0 Å². The van der Waals surface area contributed by atoms with Crippen LogP contribution in [0.4, 0.5) is 0 Å². The quantitative estimate of drug-likeness (QED) is 0.322. The van der Waals surface area contributed by atoms with Gasteiger partial charge in [0.2, 0.25) is 0 Å². The second-order valence-corrected chi connectivity index (χ2v) is 10.1. The summed E-state index contributed by atoms with van der Waals surface area (Å²) < 4.78 is 0. The second-order valence-electron chi connectivity index (χ2n) is 8.06. The van der Waals surface area contributed by atoms with Gasteiger partial charge in [-0.05, 0) is 51.0 Å². The lowest BCUT2D eigenvalue weighted by molar-refractivity contribution is 0.0943. The van der Waals surface area contributed by atoms with Crippen molar-refractivity contribution in [2.45, 2.75) is 44.4 Å². The van der Waals surface area contributed by atoms with Crippen LogP contribution >= 0.6 is 23.1 Å². The number of benzene rings is 2. The van der Waals surface area contributed by atoms with Crippen LogP contribution in [0.15, 0.2) is 52.2 Å². The number of H-pyrrole nitrogens is 1. The summed E-state index contributed by atoms with van der Waals surface area (Å²) in [7, 11) is 0. The summed E-state index contributed by atoms with van der Waals surface area (Å²) in [4.78, 5) is 35.5. The van der Waals surface area contributed by atoms with Crippen LogP contribution in [0, 0.1) is 20.8 Å². The number of phenolic OH excluding ortho intramolecular Hbond substituents is 1. The first-order valence-electron chi connectivity index (χ1n) is 10.6. The Bertz CT molecular complexity index is 1410. The molecule has 0 unspecified atom stereocenters. The molecule has 0 aliphatic rings. The standard InChI is InChI=1S/C25H25N3O3S2/c1-13-9-10-14(2)19(11-13)32-12-20-27-23(30)21-15(3)22(33-25(21)28-20)24(31)26-16(4)17-7-5-6-8-18(17)29/h5-11,16,29H,12H2,1-4H3,(H,26,31)(H,27,28,30)/t16-/m0/s1. The van der Waals surface area contributed by atoms with Crippen LogP contribution in [0.25, 0.3) is 10.2 Å². The molecule has 0 radical (unpaired) electrons. The Morgan fingerprint density at radius 1 is 1.21 bits per heavy atom. The molecule has 8 heteroatoms. The second kappa shape index (κ2) is 9.41. The van der Waals surface area contributed by atoms with E-state index >= 15 is 0 Å². The lowest BCUT2D eigenvalue weighted by Crippen LogP contribution is -2.26. The number of nitrogens with one attached hydrogen (secondary N) is 2. The van der Waals surface area contributed by atoms with Crippen LogP contribution < -0.4 is 10.9 Å².